The van der Waals surface area contributed by atoms with E-state index in [-0.39, 0.29) is 38.6 Å². The summed E-state index contributed by atoms with van der Waals surface area (Å²) in [7, 11) is -4.40. The van der Waals surface area contributed by atoms with Gasteiger partial charge in [-0.05, 0) is 89.9 Å². The van der Waals surface area contributed by atoms with Crippen molar-refractivity contribution in [3.05, 3.63) is 97.2 Å². The second kappa shape index (κ2) is 79.9. The SMILES string of the molecule is CC/C=C\C/C=C\C/C=C\C/C=C\CCCCCCCCCCCCCCCCCCCCCCCCCCCCCCC(=O)OC(COC(=O)CCCCCCCCCCCCCCCCCCCCCC/C=C\C/C=C\C/C=C\C/C=C\CC)COP(=O)(O)OCCN. The van der Waals surface area contributed by atoms with Crippen molar-refractivity contribution >= 4 is 19.8 Å². The summed E-state index contributed by atoms with van der Waals surface area (Å²) in [6, 6.07) is 0. The van der Waals surface area contributed by atoms with Crippen LogP contribution in [0.1, 0.15) is 399 Å². The molecule has 0 aromatic rings. The maximum atomic E-state index is 12.8. The van der Waals surface area contributed by atoms with Crippen LogP contribution in [0.5, 0.6) is 0 Å². The molecule has 0 radical (unpaired) electrons. The van der Waals surface area contributed by atoms with Gasteiger partial charge < -0.3 is 20.1 Å². The maximum Gasteiger partial charge on any atom is 0.472 e. The molecule has 0 aromatic carbocycles. The van der Waals surface area contributed by atoms with Gasteiger partial charge in [0, 0.05) is 19.4 Å². The number of unbranched alkanes of at least 4 members (excludes halogenated alkanes) is 48. The van der Waals surface area contributed by atoms with Gasteiger partial charge in [0.25, 0.3) is 0 Å². The van der Waals surface area contributed by atoms with E-state index in [0.717, 1.165) is 83.5 Å². The summed E-state index contributed by atoms with van der Waals surface area (Å²) in [5, 5.41) is 0. The van der Waals surface area contributed by atoms with Crippen molar-refractivity contribution in [2.24, 2.45) is 5.73 Å². The standard InChI is InChI=1S/C85H154NO8P/c1-3-5-7-9-11-13-15-17-19-21-23-25-27-29-31-33-35-37-38-39-40-41-42-43-44-46-48-50-52-54-56-58-60-62-64-66-68-70-72-74-76-78-85(88)94-83(82-93-95(89,90)92-80-79-86)81-91-84(87)77-75-73-71-69-67-65-63-61-59-57-55-53-51-49-47-45-36-34-32-30-28-26-24-22-20-18-16-14-12-10-8-6-4-2/h5-8,11-14,17-20,23-26,83H,3-4,9-10,15-16,21-22,27-82,86H2,1-2H3,(H,89,90)/b7-5-,8-6-,13-11-,14-12-,19-17-,20-18-,25-23-,26-24-. The second-order valence-electron chi connectivity index (χ2n) is 27.2. The normalized spacial score (nSPS) is 13.3. The van der Waals surface area contributed by atoms with E-state index >= 15 is 0 Å². The zero-order valence-electron chi connectivity index (χ0n) is 62.4. The Labute approximate surface area is 588 Å². The lowest BCUT2D eigenvalue weighted by atomic mass is 10.0. The molecule has 2 unspecified atom stereocenters. The molecular weight excluding hydrogens is 1190 g/mol. The Balaban J connectivity index is 3.74. The van der Waals surface area contributed by atoms with Crippen LogP contribution >= 0.6 is 7.82 Å². The lowest BCUT2D eigenvalue weighted by molar-refractivity contribution is -0.161. The van der Waals surface area contributed by atoms with E-state index in [9.17, 15) is 19.0 Å². The van der Waals surface area contributed by atoms with Gasteiger partial charge in [-0.15, -0.1) is 0 Å². The Kier molecular flexibility index (Phi) is 77.3. The Hall–Kier alpha value is -3.07. The molecule has 95 heavy (non-hydrogen) atoms. The first-order valence-corrected chi connectivity index (χ1v) is 42.2. The van der Waals surface area contributed by atoms with Crippen LogP contribution in [0.4, 0.5) is 0 Å². The van der Waals surface area contributed by atoms with E-state index in [2.05, 4.69) is 111 Å². The molecule has 0 aliphatic heterocycles. The average molecular weight is 1350 g/mol. The number of phosphoric ester groups is 1. The molecule has 0 saturated carbocycles. The number of hydrogen-bond acceptors (Lipinski definition) is 8. The van der Waals surface area contributed by atoms with Gasteiger partial charge in [-0.1, -0.05) is 394 Å². The minimum Gasteiger partial charge on any atom is -0.462 e. The molecule has 0 rings (SSSR count). The second-order valence-corrected chi connectivity index (χ2v) is 28.7. The highest BCUT2D eigenvalue weighted by molar-refractivity contribution is 7.47. The number of nitrogens with two attached hydrogens (primary N) is 1. The first-order chi connectivity index (χ1) is 46.8. The molecule has 0 amide bonds. The Bertz CT molecular complexity index is 1890. The van der Waals surface area contributed by atoms with Crippen molar-refractivity contribution in [2.45, 2.75) is 405 Å². The fraction of sp³-hybridized carbons (Fsp3) is 0.788. The minimum atomic E-state index is -4.40. The zero-order chi connectivity index (χ0) is 68.6. The Morgan fingerprint density at radius 1 is 0.316 bits per heavy atom. The Morgan fingerprint density at radius 2 is 0.547 bits per heavy atom. The summed E-state index contributed by atoms with van der Waals surface area (Å²) in [5.41, 5.74) is 5.42. The lowest BCUT2D eigenvalue weighted by Gasteiger charge is -2.19. The van der Waals surface area contributed by atoms with Crippen molar-refractivity contribution < 1.29 is 37.6 Å². The summed E-state index contributed by atoms with van der Waals surface area (Å²) >= 11 is 0. The van der Waals surface area contributed by atoms with Crippen LogP contribution in [0.25, 0.3) is 0 Å². The molecular formula is C85H154NO8P. The number of allylic oxidation sites excluding steroid dienone is 16. The van der Waals surface area contributed by atoms with Crippen LogP contribution in [0.3, 0.4) is 0 Å². The summed E-state index contributed by atoms with van der Waals surface area (Å²) in [6.45, 7) is 3.58. The molecule has 0 saturated heterocycles. The third kappa shape index (κ3) is 79.8. The van der Waals surface area contributed by atoms with Crippen molar-refractivity contribution in [2.75, 3.05) is 26.4 Å². The number of carbonyl (C=O) groups excluding carboxylic acids is 2. The third-order valence-electron chi connectivity index (χ3n) is 18.0. The van der Waals surface area contributed by atoms with Gasteiger partial charge in [-0.25, -0.2) is 4.57 Å². The van der Waals surface area contributed by atoms with Crippen molar-refractivity contribution in [1.82, 2.24) is 0 Å². The fourth-order valence-corrected chi connectivity index (χ4v) is 12.8. The predicted octanol–water partition coefficient (Wildman–Crippen LogP) is 27.4. The molecule has 0 bridgehead atoms. The molecule has 0 heterocycles. The lowest BCUT2D eigenvalue weighted by Crippen LogP contribution is -2.29. The van der Waals surface area contributed by atoms with E-state index in [1.54, 1.807) is 0 Å². The number of esters is 2. The van der Waals surface area contributed by atoms with Gasteiger partial charge in [0.05, 0.1) is 13.2 Å². The van der Waals surface area contributed by atoms with Gasteiger partial charge in [-0.2, -0.15) is 0 Å². The maximum absolute atomic E-state index is 12.8. The van der Waals surface area contributed by atoms with E-state index in [1.807, 2.05) is 0 Å². The van der Waals surface area contributed by atoms with Gasteiger partial charge in [0.1, 0.15) is 6.61 Å². The molecule has 0 aliphatic rings. The molecule has 3 N–H and O–H groups in total. The largest absolute Gasteiger partial charge is 0.472 e. The molecule has 0 aliphatic carbocycles. The third-order valence-corrected chi connectivity index (χ3v) is 18.9. The number of rotatable bonds is 77. The summed E-state index contributed by atoms with van der Waals surface area (Å²) in [6.07, 6.45) is 110. The summed E-state index contributed by atoms with van der Waals surface area (Å²) < 4.78 is 33.3. The molecule has 0 aromatic heterocycles. The predicted molar refractivity (Wildman–Crippen MR) is 413 cm³/mol. The van der Waals surface area contributed by atoms with E-state index in [0.29, 0.717) is 6.42 Å². The number of carbonyl (C=O) groups is 2. The van der Waals surface area contributed by atoms with Gasteiger partial charge >= 0.3 is 19.8 Å². The van der Waals surface area contributed by atoms with Gasteiger partial charge in [-0.3, -0.25) is 18.6 Å². The van der Waals surface area contributed by atoms with Gasteiger partial charge in [0.2, 0.25) is 0 Å². The van der Waals surface area contributed by atoms with Crippen LogP contribution in [0.2, 0.25) is 0 Å². The smallest absolute Gasteiger partial charge is 0.462 e. The van der Waals surface area contributed by atoms with Crippen molar-refractivity contribution in [3.8, 4) is 0 Å². The van der Waals surface area contributed by atoms with Crippen LogP contribution in [0.15, 0.2) is 97.2 Å². The van der Waals surface area contributed by atoms with Crippen molar-refractivity contribution in [3.63, 3.8) is 0 Å². The number of phosphoric acid groups is 1. The average Bonchev–Trinajstić information content (AvgIpc) is 2.75. The van der Waals surface area contributed by atoms with E-state index in [1.165, 1.54) is 283 Å². The van der Waals surface area contributed by atoms with Crippen molar-refractivity contribution in [1.29, 1.82) is 0 Å². The number of hydrogen-bond donors (Lipinski definition) is 2. The minimum absolute atomic E-state index is 0.0542. The quantitative estimate of drug-likeness (QED) is 0.0264. The highest BCUT2D eigenvalue weighted by Crippen LogP contribution is 2.43. The highest BCUT2D eigenvalue weighted by atomic mass is 31.2. The van der Waals surface area contributed by atoms with Crippen LogP contribution in [-0.4, -0.2) is 49.3 Å². The fourth-order valence-electron chi connectivity index (χ4n) is 12.0. The first kappa shape index (κ1) is 91.9. The van der Waals surface area contributed by atoms with Gasteiger partial charge in [0.15, 0.2) is 6.10 Å². The molecule has 0 spiro atoms. The highest BCUT2D eigenvalue weighted by Gasteiger charge is 2.26. The van der Waals surface area contributed by atoms with E-state index < -0.39 is 26.5 Å². The molecule has 0 fully saturated rings. The first-order valence-electron chi connectivity index (χ1n) is 40.7. The summed E-state index contributed by atoms with van der Waals surface area (Å²) in [4.78, 5) is 35.5. The monoisotopic (exact) mass is 1350 g/mol. The Morgan fingerprint density at radius 3 is 0.811 bits per heavy atom. The molecule has 2 atom stereocenters. The topological polar surface area (TPSA) is 134 Å². The summed E-state index contributed by atoms with van der Waals surface area (Å²) in [5.74, 6) is -0.806. The zero-order valence-corrected chi connectivity index (χ0v) is 63.3. The molecule has 9 nitrogen and oxygen atoms in total. The van der Waals surface area contributed by atoms with Crippen LogP contribution in [0, 0.1) is 0 Å². The van der Waals surface area contributed by atoms with E-state index in [4.69, 9.17) is 24.3 Å². The molecule has 552 valence electrons. The number of ether oxygens (including phenoxy) is 2. The molecule has 10 heteroatoms. The van der Waals surface area contributed by atoms with Crippen LogP contribution < -0.4 is 5.73 Å². The van der Waals surface area contributed by atoms with Crippen LogP contribution in [-0.2, 0) is 32.7 Å².